The van der Waals surface area contributed by atoms with Crippen LogP contribution in [0, 0.1) is 0 Å². The van der Waals surface area contributed by atoms with E-state index in [0.717, 1.165) is 33.4 Å². The molecule has 68 heavy (non-hydrogen) atoms. The molecule has 6 aromatic carbocycles. The van der Waals surface area contributed by atoms with Gasteiger partial charge in [-0.2, -0.15) is 0 Å². The van der Waals surface area contributed by atoms with Crippen molar-refractivity contribution in [3.8, 4) is 0 Å². The van der Waals surface area contributed by atoms with E-state index >= 15 is 0 Å². The van der Waals surface area contributed by atoms with Crippen LogP contribution in [0.3, 0.4) is 0 Å². The number of likely N-dealkylation sites (tertiary alicyclic amines) is 2. The largest absolute Gasteiger partial charge is 1.00 e. The minimum absolute atomic E-state index is 0. The van der Waals surface area contributed by atoms with E-state index < -0.39 is 35.9 Å². The van der Waals surface area contributed by atoms with Crippen LogP contribution >= 0.6 is 0 Å². The van der Waals surface area contributed by atoms with Crippen LogP contribution in [0.2, 0.25) is 0 Å². The third-order valence-corrected chi connectivity index (χ3v) is 12.1. The van der Waals surface area contributed by atoms with E-state index in [0.29, 0.717) is 45.6 Å². The van der Waals surface area contributed by atoms with Gasteiger partial charge in [-0.15, -0.1) is 0 Å². The Balaban J connectivity index is 0.000000284. The molecular formula is C55H59LiN2O10. The summed E-state index contributed by atoms with van der Waals surface area (Å²) in [4.78, 5) is 55.7. The van der Waals surface area contributed by atoms with Crippen LogP contribution in [-0.4, -0.2) is 94.1 Å². The molecule has 350 valence electrons. The number of aliphatic carboxylic acids is 1. The quantitative estimate of drug-likeness (QED) is 0.115. The number of esters is 1. The molecule has 2 aliphatic heterocycles. The number of amides is 2. The number of carbonyl (C=O) groups is 4. The Kier molecular flexibility index (Phi) is 21.9. The van der Waals surface area contributed by atoms with Crippen molar-refractivity contribution in [2.24, 2.45) is 0 Å². The van der Waals surface area contributed by atoms with Gasteiger partial charge in [0, 0.05) is 25.9 Å². The zero-order chi connectivity index (χ0) is 45.4. The van der Waals surface area contributed by atoms with Gasteiger partial charge in [0.25, 0.3) is 0 Å². The first kappa shape index (κ1) is 54.2. The Morgan fingerprint density at radius 2 is 0.809 bits per heavy atom. The summed E-state index contributed by atoms with van der Waals surface area (Å²) >= 11 is 0. The first-order chi connectivity index (χ1) is 31.8. The summed E-state index contributed by atoms with van der Waals surface area (Å²) in [5.41, 5.74) is 5.65. The third kappa shape index (κ3) is 14.3. The number of carboxylic acids is 1. The van der Waals surface area contributed by atoms with Crippen molar-refractivity contribution in [3.63, 3.8) is 0 Å². The molecule has 6 aromatic rings. The molecule has 13 heteroatoms. The maximum atomic E-state index is 13.9. The number of nitrogens with zero attached hydrogens (tertiary/aromatic N) is 2. The number of methoxy groups -OCH3 is 1. The number of rotatable bonds is 14. The van der Waals surface area contributed by atoms with Crippen LogP contribution in [0.15, 0.2) is 182 Å². The number of piperidine rings is 2. The van der Waals surface area contributed by atoms with Crippen LogP contribution in [0.25, 0.3) is 0 Å². The van der Waals surface area contributed by atoms with Gasteiger partial charge in [0.2, 0.25) is 11.8 Å². The van der Waals surface area contributed by atoms with Crippen molar-refractivity contribution >= 4 is 23.8 Å². The molecule has 0 saturated carbocycles. The Morgan fingerprint density at radius 3 is 1.12 bits per heavy atom. The number of carbonyl (C=O) groups excluding carboxylic acids is 3. The van der Waals surface area contributed by atoms with E-state index in [9.17, 15) is 24.3 Å². The molecule has 2 saturated heterocycles. The Morgan fingerprint density at radius 1 is 0.515 bits per heavy atom. The van der Waals surface area contributed by atoms with Crippen LogP contribution in [0.5, 0.6) is 0 Å². The van der Waals surface area contributed by atoms with Gasteiger partial charge in [0.15, 0.2) is 0 Å². The smallest absolute Gasteiger partial charge is 0.870 e. The maximum absolute atomic E-state index is 13.9. The van der Waals surface area contributed by atoms with Crippen molar-refractivity contribution in [3.05, 3.63) is 215 Å². The topological polar surface area (TPSA) is 184 Å². The summed E-state index contributed by atoms with van der Waals surface area (Å²) in [7, 11) is 1.37. The number of hydrogen-bond acceptors (Lipinski definition) is 8. The summed E-state index contributed by atoms with van der Waals surface area (Å²) in [6.07, 6.45) is 1.66. The van der Waals surface area contributed by atoms with Gasteiger partial charge >= 0.3 is 30.8 Å². The number of benzene rings is 6. The average molecular weight is 915 g/mol. The van der Waals surface area contributed by atoms with Gasteiger partial charge in [0.05, 0.1) is 44.4 Å². The SMILES string of the molecule is COC(=O)[C@@H]1CC(OCc2ccccc2)CCN1C(=O)C(c1ccccc1)c1ccccc1.O.O=C(O)[C@@H]1CC(OCc2ccccc2)CCN1C(=O)C(c1ccccc1)c1ccccc1.[Li+].[OH-]. The molecule has 0 bridgehead atoms. The summed E-state index contributed by atoms with van der Waals surface area (Å²) in [6, 6.07) is 56.7. The summed E-state index contributed by atoms with van der Waals surface area (Å²) in [5.74, 6) is -2.70. The zero-order valence-corrected chi connectivity index (χ0v) is 38.6. The van der Waals surface area contributed by atoms with Crippen LogP contribution in [0.1, 0.15) is 70.9 Å². The second-order valence-electron chi connectivity index (χ2n) is 16.4. The molecule has 8 rings (SSSR count). The van der Waals surface area contributed by atoms with Crippen LogP contribution < -0.4 is 18.9 Å². The second kappa shape index (κ2) is 27.5. The van der Waals surface area contributed by atoms with Gasteiger partial charge in [-0.3, -0.25) is 9.59 Å². The van der Waals surface area contributed by atoms with E-state index in [4.69, 9.17) is 14.2 Å². The fourth-order valence-corrected chi connectivity index (χ4v) is 8.74. The Labute approximate surface area is 410 Å². The number of hydrogen-bond donors (Lipinski definition) is 1. The van der Waals surface area contributed by atoms with Crippen molar-refractivity contribution in [1.29, 1.82) is 0 Å². The van der Waals surface area contributed by atoms with Gasteiger partial charge in [-0.05, 0) is 46.2 Å². The Hall–Kier alpha value is -6.36. The minimum Gasteiger partial charge on any atom is -0.870 e. The van der Waals surface area contributed by atoms with Crippen molar-refractivity contribution < 1.29 is 68.3 Å². The van der Waals surface area contributed by atoms with E-state index in [2.05, 4.69) is 0 Å². The third-order valence-electron chi connectivity index (χ3n) is 12.1. The molecule has 2 fully saturated rings. The molecule has 2 unspecified atom stereocenters. The summed E-state index contributed by atoms with van der Waals surface area (Å²) in [5, 5.41) is 9.93. The van der Waals surface area contributed by atoms with Crippen LogP contribution in [0.4, 0.5) is 0 Å². The fraction of sp³-hybridized carbons (Fsp3) is 0.273. The van der Waals surface area contributed by atoms with Crippen LogP contribution in [-0.2, 0) is 46.6 Å². The predicted molar refractivity (Wildman–Crippen MR) is 254 cm³/mol. The van der Waals surface area contributed by atoms with E-state index in [-0.39, 0.29) is 60.3 Å². The Bertz CT molecular complexity index is 2340. The van der Waals surface area contributed by atoms with Gasteiger partial charge in [0.1, 0.15) is 12.1 Å². The molecule has 0 spiro atoms. The molecule has 4 atom stereocenters. The number of ether oxygens (including phenoxy) is 3. The normalized spacial score (nSPS) is 17.5. The zero-order valence-electron chi connectivity index (χ0n) is 38.6. The van der Waals surface area contributed by atoms with E-state index in [1.165, 1.54) is 12.0 Å². The average Bonchev–Trinajstić information content (AvgIpc) is 3.37. The molecule has 0 radical (unpaired) electrons. The monoisotopic (exact) mass is 914 g/mol. The second-order valence-corrected chi connectivity index (χ2v) is 16.4. The van der Waals surface area contributed by atoms with Crippen molar-refractivity contribution in [2.75, 3.05) is 20.2 Å². The fourth-order valence-electron chi connectivity index (χ4n) is 8.74. The molecule has 0 aliphatic carbocycles. The molecule has 0 aromatic heterocycles. The van der Waals surface area contributed by atoms with E-state index in [1.807, 2.05) is 182 Å². The molecular weight excluding hydrogens is 856 g/mol. The van der Waals surface area contributed by atoms with Crippen molar-refractivity contribution in [1.82, 2.24) is 9.80 Å². The molecule has 2 heterocycles. The molecule has 2 amide bonds. The van der Waals surface area contributed by atoms with E-state index in [1.54, 1.807) is 4.90 Å². The predicted octanol–water partition coefficient (Wildman–Crippen LogP) is 5.05. The minimum atomic E-state index is -0.994. The first-order valence-corrected chi connectivity index (χ1v) is 22.2. The summed E-state index contributed by atoms with van der Waals surface area (Å²) in [6.45, 7) is 1.70. The maximum Gasteiger partial charge on any atom is 1.00 e. The summed E-state index contributed by atoms with van der Waals surface area (Å²) < 4.78 is 17.2. The van der Waals surface area contributed by atoms with Gasteiger partial charge in [-0.25, -0.2) is 9.59 Å². The standard InChI is InChI=1S/C28H29NO4.C27H27NO4.Li.2H2O/c1-32-28(31)25-19-24(33-20-21-11-5-2-6-12-21)17-18-29(25)27(30)26(22-13-7-3-8-14-22)23-15-9-4-10-16-23;29-26(25(21-12-6-2-7-13-21)22-14-8-3-9-15-22)28-17-16-23(18-24(28)27(30)31)32-19-20-10-4-1-5-11-20;;;/h2-16,24-26H,17-20H2,1H3;1-15,23-25H,16-19H2,(H,30,31);;2*1H2/q;;+1;;/p-1/t24?,25-;23?,24-;;;/m00.../s1. The molecule has 2 aliphatic rings. The number of carboxylic acid groups (broad SMARTS) is 1. The first-order valence-electron chi connectivity index (χ1n) is 22.2. The van der Waals surface area contributed by atoms with Gasteiger partial charge in [-0.1, -0.05) is 182 Å². The molecule has 12 nitrogen and oxygen atoms in total. The molecule has 4 N–H and O–H groups in total. The van der Waals surface area contributed by atoms with Gasteiger partial charge < -0.3 is 40.1 Å². The van der Waals surface area contributed by atoms with Crippen molar-refractivity contribution in [2.45, 2.75) is 75.0 Å².